The van der Waals surface area contributed by atoms with Crippen LogP contribution in [0.3, 0.4) is 0 Å². The fourth-order valence-corrected chi connectivity index (χ4v) is 1.64. The van der Waals surface area contributed by atoms with Crippen LogP contribution in [0, 0.1) is 5.82 Å². The van der Waals surface area contributed by atoms with Crippen LogP contribution in [0.4, 0.5) is 17.6 Å². The lowest BCUT2D eigenvalue weighted by atomic mass is 10.0. The summed E-state index contributed by atoms with van der Waals surface area (Å²) < 4.78 is 54.6. The molecule has 1 unspecified atom stereocenters. The molecule has 1 aromatic carbocycles. The number of ketones is 1. The molecule has 1 aliphatic rings. The van der Waals surface area contributed by atoms with Crippen molar-refractivity contribution < 1.29 is 27.1 Å². The molecule has 2 N–H and O–H groups in total. The van der Waals surface area contributed by atoms with E-state index in [1.165, 1.54) is 12.1 Å². The third kappa shape index (κ3) is 2.03. The summed E-state index contributed by atoms with van der Waals surface area (Å²) in [6.07, 6.45) is -7.47. The maximum absolute atomic E-state index is 13.0. The standard InChI is InChI=1S/C11H7F4NO2/c12-6-3-1-2-5(4-6)7-8(17)9(11(13,14)15)18-10(7)16/h1-4,9H,16H2. The molecule has 7 heteroatoms. The largest absolute Gasteiger partial charge is 0.457 e. The first-order chi connectivity index (χ1) is 8.30. The lowest BCUT2D eigenvalue weighted by molar-refractivity contribution is -0.201. The molecule has 1 aromatic rings. The van der Waals surface area contributed by atoms with Gasteiger partial charge in [0.25, 0.3) is 6.10 Å². The van der Waals surface area contributed by atoms with Crippen molar-refractivity contribution >= 4 is 11.4 Å². The Kier molecular flexibility index (Phi) is 2.76. The summed E-state index contributed by atoms with van der Waals surface area (Å²) in [5.41, 5.74) is 4.77. The second-order valence-corrected chi connectivity index (χ2v) is 3.65. The molecule has 0 saturated carbocycles. The van der Waals surface area contributed by atoms with Crippen LogP contribution in [0.25, 0.3) is 5.57 Å². The van der Waals surface area contributed by atoms with Gasteiger partial charge in [-0.15, -0.1) is 0 Å². The topological polar surface area (TPSA) is 52.3 Å². The van der Waals surface area contributed by atoms with Crippen LogP contribution in [0.15, 0.2) is 30.1 Å². The van der Waals surface area contributed by atoms with Crippen molar-refractivity contribution in [2.45, 2.75) is 12.3 Å². The van der Waals surface area contributed by atoms with E-state index in [0.29, 0.717) is 0 Å². The Labute approximate surface area is 98.8 Å². The number of hydrogen-bond acceptors (Lipinski definition) is 3. The number of nitrogens with two attached hydrogens (primary N) is 1. The van der Waals surface area contributed by atoms with Crippen LogP contribution >= 0.6 is 0 Å². The first-order valence-corrected chi connectivity index (χ1v) is 4.84. The van der Waals surface area contributed by atoms with E-state index in [-0.39, 0.29) is 5.56 Å². The lowest BCUT2D eigenvalue weighted by Crippen LogP contribution is -2.35. The molecule has 3 nitrogen and oxygen atoms in total. The van der Waals surface area contributed by atoms with Crippen molar-refractivity contribution in [3.63, 3.8) is 0 Å². The minimum absolute atomic E-state index is 0.0377. The number of ether oxygens (including phenoxy) is 1. The first-order valence-electron chi connectivity index (χ1n) is 4.84. The Morgan fingerprint density at radius 2 is 1.94 bits per heavy atom. The number of benzene rings is 1. The fourth-order valence-electron chi connectivity index (χ4n) is 1.64. The number of halogens is 4. The molecule has 0 aliphatic carbocycles. The van der Waals surface area contributed by atoms with E-state index in [0.717, 1.165) is 12.1 Å². The van der Waals surface area contributed by atoms with Crippen LogP contribution in [-0.2, 0) is 9.53 Å². The van der Waals surface area contributed by atoms with Gasteiger partial charge in [0, 0.05) is 0 Å². The molecule has 1 heterocycles. The molecular formula is C11H7F4NO2. The summed E-state index contributed by atoms with van der Waals surface area (Å²) in [6.45, 7) is 0. The monoisotopic (exact) mass is 261 g/mol. The number of alkyl halides is 3. The van der Waals surface area contributed by atoms with Crippen LogP contribution in [0.2, 0.25) is 0 Å². The lowest BCUT2D eigenvalue weighted by Gasteiger charge is -2.13. The van der Waals surface area contributed by atoms with Crippen molar-refractivity contribution in [3.8, 4) is 0 Å². The Morgan fingerprint density at radius 1 is 1.28 bits per heavy atom. The predicted molar refractivity (Wildman–Crippen MR) is 53.4 cm³/mol. The minimum Gasteiger partial charge on any atom is -0.457 e. The highest BCUT2D eigenvalue weighted by Crippen LogP contribution is 2.35. The molecule has 0 saturated heterocycles. The van der Waals surface area contributed by atoms with E-state index in [9.17, 15) is 22.4 Å². The van der Waals surface area contributed by atoms with Gasteiger partial charge < -0.3 is 10.5 Å². The van der Waals surface area contributed by atoms with Crippen molar-refractivity contribution in [1.29, 1.82) is 0 Å². The zero-order chi connectivity index (χ0) is 13.5. The normalized spacial score (nSPS) is 20.2. The number of rotatable bonds is 1. The summed E-state index contributed by atoms with van der Waals surface area (Å²) in [5.74, 6) is -2.64. The van der Waals surface area contributed by atoms with Gasteiger partial charge in [-0.2, -0.15) is 13.2 Å². The summed E-state index contributed by atoms with van der Waals surface area (Å²) in [5, 5.41) is 0. The average Bonchev–Trinajstić information content (AvgIpc) is 2.54. The van der Waals surface area contributed by atoms with Gasteiger partial charge in [0.05, 0.1) is 5.57 Å². The molecule has 18 heavy (non-hydrogen) atoms. The number of Topliss-reactive ketones (excluding diaryl/α,β-unsaturated/α-hetero) is 1. The second kappa shape index (κ2) is 4.01. The Morgan fingerprint density at radius 3 is 2.44 bits per heavy atom. The van der Waals surface area contributed by atoms with E-state index < -0.39 is 35.3 Å². The van der Waals surface area contributed by atoms with Gasteiger partial charge in [0.15, 0.2) is 5.88 Å². The molecular weight excluding hydrogens is 254 g/mol. The summed E-state index contributed by atoms with van der Waals surface area (Å²) in [7, 11) is 0. The average molecular weight is 261 g/mol. The quantitative estimate of drug-likeness (QED) is 0.786. The molecule has 1 aliphatic heterocycles. The molecule has 0 spiro atoms. The SMILES string of the molecule is NC1=C(c2cccc(F)c2)C(=O)C(C(F)(F)F)O1. The van der Waals surface area contributed by atoms with Gasteiger partial charge >= 0.3 is 6.18 Å². The van der Waals surface area contributed by atoms with Crippen LogP contribution in [0.1, 0.15) is 5.56 Å². The molecule has 2 rings (SSSR count). The molecule has 0 aromatic heterocycles. The number of carbonyl (C=O) groups excluding carboxylic acids is 1. The van der Waals surface area contributed by atoms with E-state index >= 15 is 0 Å². The molecule has 1 atom stereocenters. The van der Waals surface area contributed by atoms with Crippen LogP contribution in [0.5, 0.6) is 0 Å². The predicted octanol–water partition coefficient (Wildman–Crippen LogP) is 1.98. The fraction of sp³-hybridized carbons (Fsp3) is 0.182. The first kappa shape index (κ1) is 12.4. The van der Waals surface area contributed by atoms with Gasteiger partial charge in [0.1, 0.15) is 5.82 Å². The summed E-state index contributed by atoms with van der Waals surface area (Å²) in [4.78, 5) is 11.6. The Hall–Kier alpha value is -2.05. The zero-order valence-electron chi connectivity index (χ0n) is 8.79. The minimum atomic E-state index is -4.85. The van der Waals surface area contributed by atoms with E-state index in [1.54, 1.807) is 0 Å². The Bertz CT molecular complexity index is 536. The highest BCUT2D eigenvalue weighted by molar-refractivity contribution is 6.25. The maximum Gasteiger partial charge on any atom is 0.433 e. The van der Waals surface area contributed by atoms with Gasteiger partial charge in [0.2, 0.25) is 5.78 Å². The van der Waals surface area contributed by atoms with Crippen molar-refractivity contribution in [1.82, 2.24) is 0 Å². The third-order valence-corrected chi connectivity index (χ3v) is 2.39. The van der Waals surface area contributed by atoms with E-state index in [4.69, 9.17) is 5.73 Å². The highest BCUT2D eigenvalue weighted by Gasteiger charge is 2.52. The van der Waals surface area contributed by atoms with E-state index in [1.807, 2.05) is 0 Å². The van der Waals surface area contributed by atoms with Crippen molar-refractivity contribution in [2.75, 3.05) is 0 Å². The van der Waals surface area contributed by atoms with Gasteiger partial charge in [-0.05, 0) is 17.7 Å². The number of carbonyl (C=O) groups is 1. The van der Waals surface area contributed by atoms with Crippen LogP contribution < -0.4 is 5.73 Å². The second-order valence-electron chi connectivity index (χ2n) is 3.65. The van der Waals surface area contributed by atoms with Gasteiger partial charge in [-0.3, -0.25) is 4.79 Å². The molecule has 0 radical (unpaired) electrons. The molecule has 0 fully saturated rings. The van der Waals surface area contributed by atoms with E-state index in [2.05, 4.69) is 4.74 Å². The molecule has 96 valence electrons. The third-order valence-electron chi connectivity index (χ3n) is 2.39. The van der Waals surface area contributed by atoms with Gasteiger partial charge in [-0.1, -0.05) is 12.1 Å². The zero-order valence-corrected chi connectivity index (χ0v) is 8.79. The summed E-state index contributed by atoms with van der Waals surface area (Å²) >= 11 is 0. The van der Waals surface area contributed by atoms with Gasteiger partial charge in [-0.25, -0.2) is 4.39 Å². The summed E-state index contributed by atoms with van der Waals surface area (Å²) in [6, 6.07) is 4.56. The van der Waals surface area contributed by atoms with Crippen molar-refractivity contribution in [2.24, 2.45) is 5.73 Å². The smallest absolute Gasteiger partial charge is 0.433 e. The highest BCUT2D eigenvalue weighted by atomic mass is 19.4. The molecule has 0 amide bonds. The number of hydrogen-bond donors (Lipinski definition) is 1. The van der Waals surface area contributed by atoms with Crippen LogP contribution in [-0.4, -0.2) is 18.1 Å². The van der Waals surface area contributed by atoms with Crippen molar-refractivity contribution in [3.05, 3.63) is 41.5 Å². The molecule has 0 bridgehead atoms. The maximum atomic E-state index is 13.0. The Balaban J connectivity index is 2.41.